The number of carboxylic acids is 1. The van der Waals surface area contributed by atoms with Gasteiger partial charge in [-0.15, -0.1) is 5.10 Å². The smallest absolute Gasteiger partial charge is 0.308 e. The summed E-state index contributed by atoms with van der Waals surface area (Å²) in [5.41, 5.74) is 1.03. The monoisotopic (exact) mass is 394 g/mol. The van der Waals surface area contributed by atoms with E-state index in [1.165, 1.54) is 22.9 Å². The zero-order valence-corrected chi connectivity index (χ0v) is 15.5. The van der Waals surface area contributed by atoms with Gasteiger partial charge in [0.2, 0.25) is 0 Å². The summed E-state index contributed by atoms with van der Waals surface area (Å²) >= 11 is 5.80. The van der Waals surface area contributed by atoms with Crippen molar-refractivity contribution in [1.82, 2.24) is 20.3 Å². The highest BCUT2D eigenvalue weighted by molar-refractivity contribution is 6.30. The second kappa shape index (κ2) is 8.04. The molecular weight excluding hydrogens is 375 g/mol. The molecule has 0 unspecified atom stereocenters. The molecule has 0 radical (unpaired) electrons. The molecule has 1 aromatic heterocycles. The minimum atomic E-state index is -0.900. The van der Waals surface area contributed by atoms with E-state index in [1.807, 2.05) is 0 Å². The van der Waals surface area contributed by atoms with Crippen LogP contribution in [0, 0.1) is 18.7 Å². The lowest BCUT2D eigenvalue weighted by Gasteiger charge is -2.22. The van der Waals surface area contributed by atoms with Crippen molar-refractivity contribution in [3.63, 3.8) is 0 Å². The van der Waals surface area contributed by atoms with Gasteiger partial charge in [0.1, 0.15) is 5.82 Å². The second-order valence-corrected chi connectivity index (χ2v) is 7.10. The SMILES string of the molecule is Cc1c(C(=O)N[C@H]2CCCCC[C@H]2C(=O)O)nnn1-c1ccc(F)c(Cl)c1. The summed E-state index contributed by atoms with van der Waals surface area (Å²) < 4.78 is 14.7. The molecule has 3 rings (SSSR count). The van der Waals surface area contributed by atoms with E-state index in [0.717, 1.165) is 19.3 Å². The third-order valence-electron chi connectivity index (χ3n) is 4.91. The first-order valence-electron chi connectivity index (χ1n) is 8.80. The summed E-state index contributed by atoms with van der Waals surface area (Å²) in [5.74, 6) is -2.53. The molecule has 2 atom stereocenters. The van der Waals surface area contributed by atoms with Gasteiger partial charge < -0.3 is 10.4 Å². The van der Waals surface area contributed by atoms with Gasteiger partial charge in [-0.05, 0) is 38.0 Å². The van der Waals surface area contributed by atoms with Gasteiger partial charge >= 0.3 is 5.97 Å². The van der Waals surface area contributed by atoms with E-state index >= 15 is 0 Å². The Morgan fingerprint density at radius 3 is 2.74 bits per heavy atom. The van der Waals surface area contributed by atoms with Gasteiger partial charge in [0.15, 0.2) is 5.69 Å². The molecule has 1 aromatic carbocycles. The lowest BCUT2D eigenvalue weighted by atomic mass is 9.94. The predicted molar refractivity (Wildman–Crippen MR) is 96.5 cm³/mol. The molecule has 0 spiro atoms. The maximum absolute atomic E-state index is 13.4. The van der Waals surface area contributed by atoms with Crippen molar-refractivity contribution in [3.8, 4) is 5.69 Å². The number of aromatic nitrogens is 3. The molecule has 9 heteroatoms. The standard InChI is InChI=1S/C18H20ClFN4O3/c1-10-16(22-23-24(10)11-7-8-14(20)13(19)9-11)17(25)21-15-6-4-2-3-5-12(15)18(26)27/h7-9,12,15H,2-6H2,1H3,(H,21,25)(H,26,27)/t12-,15+/m1/s1. The topological polar surface area (TPSA) is 97.1 Å². The van der Waals surface area contributed by atoms with Crippen molar-refractivity contribution >= 4 is 23.5 Å². The van der Waals surface area contributed by atoms with Gasteiger partial charge in [-0.25, -0.2) is 9.07 Å². The van der Waals surface area contributed by atoms with Crippen molar-refractivity contribution < 1.29 is 19.1 Å². The first kappa shape index (κ1) is 19.3. The molecule has 2 N–H and O–H groups in total. The Labute approximate surface area is 160 Å². The molecule has 27 heavy (non-hydrogen) atoms. The lowest BCUT2D eigenvalue weighted by molar-refractivity contribution is -0.142. The fraction of sp³-hybridized carbons (Fsp3) is 0.444. The molecule has 1 heterocycles. The number of rotatable bonds is 4. The number of halogens is 2. The van der Waals surface area contributed by atoms with Crippen LogP contribution in [-0.2, 0) is 4.79 Å². The quantitative estimate of drug-likeness (QED) is 0.776. The summed E-state index contributed by atoms with van der Waals surface area (Å²) in [6.07, 6.45) is 3.82. The van der Waals surface area contributed by atoms with E-state index in [0.29, 0.717) is 24.2 Å². The molecule has 2 aromatic rings. The summed E-state index contributed by atoms with van der Waals surface area (Å²) in [7, 11) is 0. The maximum Gasteiger partial charge on any atom is 0.308 e. The van der Waals surface area contributed by atoms with Crippen LogP contribution < -0.4 is 5.32 Å². The average molecular weight is 395 g/mol. The van der Waals surface area contributed by atoms with E-state index in [1.54, 1.807) is 6.92 Å². The van der Waals surface area contributed by atoms with Crippen molar-refractivity contribution in [1.29, 1.82) is 0 Å². The van der Waals surface area contributed by atoms with E-state index in [2.05, 4.69) is 15.6 Å². The van der Waals surface area contributed by atoms with Gasteiger partial charge in [0.05, 0.1) is 22.3 Å². The Hall–Kier alpha value is -2.48. The van der Waals surface area contributed by atoms with Crippen LogP contribution in [0.25, 0.3) is 5.69 Å². The number of aliphatic carboxylic acids is 1. The third-order valence-corrected chi connectivity index (χ3v) is 5.20. The lowest BCUT2D eigenvalue weighted by Crippen LogP contribution is -2.43. The third kappa shape index (κ3) is 4.10. The number of benzene rings is 1. The number of hydrogen-bond donors (Lipinski definition) is 2. The zero-order valence-electron chi connectivity index (χ0n) is 14.8. The van der Waals surface area contributed by atoms with Crippen LogP contribution in [0.4, 0.5) is 4.39 Å². The largest absolute Gasteiger partial charge is 0.481 e. The van der Waals surface area contributed by atoms with Crippen LogP contribution in [0.3, 0.4) is 0 Å². The van der Waals surface area contributed by atoms with Crippen molar-refractivity contribution in [3.05, 3.63) is 40.4 Å². The summed E-state index contributed by atoms with van der Waals surface area (Å²) in [6, 6.07) is 3.64. The highest BCUT2D eigenvalue weighted by Gasteiger charge is 2.32. The van der Waals surface area contributed by atoms with Crippen LogP contribution in [0.5, 0.6) is 0 Å². The fourth-order valence-electron chi connectivity index (χ4n) is 3.41. The summed E-state index contributed by atoms with van der Waals surface area (Å²) in [5, 5.41) is 20.1. The van der Waals surface area contributed by atoms with Gasteiger partial charge in [0.25, 0.3) is 5.91 Å². The van der Waals surface area contributed by atoms with Gasteiger partial charge in [-0.1, -0.05) is 36.1 Å². The molecule has 0 aliphatic heterocycles. The summed E-state index contributed by atoms with van der Waals surface area (Å²) in [6.45, 7) is 1.66. The molecule has 1 aliphatic rings. The average Bonchev–Trinajstić information content (AvgIpc) is 2.85. The van der Waals surface area contributed by atoms with Crippen LogP contribution in [0.15, 0.2) is 18.2 Å². The normalized spacial score (nSPS) is 20.1. The zero-order chi connectivity index (χ0) is 19.6. The molecule has 1 fully saturated rings. The van der Waals surface area contributed by atoms with Gasteiger partial charge in [-0.2, -0.15) is 0 Å². The molecular formula is C18H20ClFN4O3. The number of nitrogens with zero attached hydrogens (tertiary/aromatic N) is 3. The summed E-state index contributed by atoms with van der Waals surface area (Å²) in [4.78, 5) is 24.2. The van der Waals surface area contributed by atoms with E-state index in [9.17, 15) is 19.1 Å². The number of carbonyl (C=O) groups excluding carboxylic acids is 1. The van der Waals surface area contributed by atoms with Crippen molar-refractivity contribution in [2.24, 2.45) is 5.92 Å². The van der Waals surface area contributed by atoms with Crippen LogP contribution in [0.1, 0.15) is 48.3 Å². The highest BCUT2D eigenvalue weighted by Crippen LogP contribution is 2.25. The first-order chi connectivity index (χ1) is 12.9. The van der Waals surface area contributed by atoms with Crippen LogP contribution in [0.2, 0.25) is 5.02 Å². The fourth-order valence-corrected chi connectivity index (χ4v) is 3.59. The number of hydrogen-bond acceptors (Lipinski definition) is 4. The molecule has 1 amide bonds. The minimum absolute atomic E-state index is 0.0591. The molecule has 1 aliphatic carbocycles. The Kier molecular flexibility index (Phi) is 5.74. The minimum Gasteiger partial charge on any atom is -0.481 e. The Bertz CT molecular complexity index is 870. The van der Waals surface area contributed by atoms with Crippen LogP contribution >= 0.6 is 11.6 Å². The van der Waals surface area contributed by atoms with E-state index < -0.39 is 29.7 Å². The number of carbonyl (C=O) groups is 2. The highest BCUT2D eigenvalue weighted by atomic mass is 35.5. The van der Waals surface area contributed by atoms with Gasteiger partial charge in [-0.3, -0.25) is 9.59 Å². The molecule has 7 nitrogen and oxygen atoms in total. The maximum atomic E-state index is 13.4. The second-order valence-electron chi connectivity index (χ2n) is 6.70. The van der Waals surface area contributed by atoms with Crippen molar-refractivity contribution in [2.75, 3.05) is 0 Å². The molecule has 0 bridgehead atoms. The Morgan fingerprint density at radius 2 is 2.04 bits per heavy atom. The van der Waals surface area contributed by atoms with Crippen molar-refractivity contribution in [2.45, 2.75) is 45.1 Å². The van der Waals surface area contributed by atoms with E-state index in [4.69, 9.17) is 11.6 Å². The molecule has 1 saturated carbocycles. The Morgan fingerprint density at radius 1 is 1.30 bits per heavy atom. The molecule has 0 saturated heterocycles. The number of carboxylic acid groups (broad SMARTS) is 1. The first-order valence-corrected chi connectivity index (χ1v) is 9.17. The van der Waals surface area contributed by atoms with Crippen LogP contribution in [-0.4, -0.2) is 38.0 Å². The predicted octanol–water partition coefficient (Wildman–Crippen LogP) is 3.13. The van der Waals surface area contributed by atoms with E-state index in [-0.39, 0.29) is 10.7 Å². The number of nitrogens with one attached hydrogen (secondary N) is 1. The van der Waals surface area contributed by atoms with Gasteiger partial charge in [0, 0.05) is 6.04 Å². The molecule has 144 valence electrons. The Balaban J connectivity index is 1.82. The number of amides is 1.